The number of rotatable bonds is 11. The van der Waals surface area contributed by atoms with Gasteiger partial charge in [0.25, 0.3) is 0 Å². The number of imidazole rings is 1. The first-order chi connectivity index (χ1) is 30.5. The number of benzene rings is 3. The van der Waals surface area contributed by atoms with Crippen LogP contribution in [-0.2, 0) is 19.1 Å². The fraction of sp³-hybridized carbons (Fsp3) is 0.519. The van der Waals surface area contributed by atoms with Gasteiger partial charge in [-0.05, 0) is 157 Å². The third-order valence-electron chi connectivity index (χ3n) is 15.8. The lowest BCUT2D eigenvalue weighted by Crippen LogP contribution is -2.54. The zero-order chi connectivity index (χ0) is 43.7. The van der Waals surface area contributed by atoms with Gasteiger partial charge in [0.1, 0.15) is 17.9 Å². The molecule has 0 radical (unpaired) electrons. The lowest BCUT2D eigenvalue weighted by Gasteiger charge is -2.30. The van der Waals surface area contributed by atoms with Gasteiger partial charge in [-0.1, -0.05) is 64.1 Å². The van der Waals surface area contributed by atoms with Gasteiger partial charge in [0.05, 0.1) is 25.0 Å². The van der Waals surface area contributed by atoms with Crippen molar-refractivity contribution >= 4 is 29.5 Å². The number of nitrogens with zero attached hydrogens (tertiary/aromatic N) is 3. The van der Waals surface area contributed by atoms with E-state index in [1.54, 1.807) is 4.90 Å². The smallest absolute Gasteiger partial charge is 0.407 e. The van der Waals surface area contributed by atoms with Crippen LogP contribution in [0, 0.1) is 11.8 Å². The third kappa shape index (κ3) is 7.14. The molecular weight excluding hydrogens is 789 g/mol. The number of ether oxygens (including phenoxy) is 1. The first kappa shape index (κ1) is 41.6. The molecule has 4 fully saturated rings. The molecule has 3 N–H and O–H groups in total. The van der Waals surface area contributed by atoms with Crippen LogP contribution in [0.4, 0.5) is 10.5 Å². The van der Waals surface area contributed by atoms with Gasteiger partial charge in [-0.3, -0.25) is 14.4 Å². The monoisotopic (exact) mass is 850 g/mol. The van der Waals surface area contributed by atoms with E-state index in [1.807, 2.05) is 39.1 Å². The van der Waals surface area contributed by atoms with Crippen molar-refractivity contribution in [3.8, 4) is 33.5 Å². The molecule has 4 bridgehead atoms. The van der Waals surface area contributed by atoms with Crippen molar-refractivity contribution in [2.45, 2.75) is 140 Å². The van der Waals surface area contributed by atoms with E-state index in [4.69, 9.17) is 9.72 Å². The molecule has 4 aromatic rings. The van der Waals surface area contributed by atoms with Crippen molar-refractivity contribution < 1.29 is 23.9 Å². The van der Waals surface area contributed by atoms with Crippen molar-refractivity contribution in [2.75, 3.05) is 25.5 Å². The normalized spacial score (nSPS) is 25.0. The fourth-order valence-corrected chi connectivity index (χ4v) is 12.6. The summed E-state index contributed by atoms with van der Waals surface area (Å²) < 4.78 is 4.78. The minimum atomic E-state index is -0.783. The van der Waals surface area contributed by atoms with Gasteiger partial charge in [-0.25, -0.2) is 9.78 Å². The van der Waals surface area contributed by atoms with Gasteiger partial charge in [0.2, 0.25) is 17.7 Å². The molecule has 2 aliphatic heterocycles. The number of aromatic amines is 1. The van der Waals surface area contributed by atoms with Crippen molar-refractivity contribution in [3.05, 3.63) is 82.8 Å². The fourth-order valence-electron chi connectivity index (χ4n) is 12.6. The van der Waals surface area contributed by atoms with Crippen molar-refractivity contribution in [1.29, 1.82) is 0 Å². The Labute approximate surface area is 371 Å². The molecule has 4 amide bonds. The Morgan fingerprint density at radius 1 is 0.762 bits per heavy atom. The third-order valence-corrected chi connectivity index (χ3v) is 15.8. The van der Waals surface area contributed by atoms with Crippen LogP contribution >= 0.6 is 0 Å². The Morgan fingerprint density at radius 3 is 2.02 bits per heavy atom. The number of hydrogen-bond donors (Lipinski definition) is 3. The Morgan fingerprint density at radius 2 is 1.37 bits per heavy atom. The number of nitrogens with one attached hydrogen (secondary N) is 3. The molecule has 2 saturated carbocycles. The largest absolute Gasteiger partial charge is 0.453 e. The summed E-state index contributed by atoms with van der Waals surface area (Å²) in [5.41, 5.74) is 14.2. The van der Waals surface area contributed by atoms with E-state index in [1.165, 1.54) is 90.1 Å². The number of methoxy groups -OCH3 is 1. The number of anilines is 1. The topological polar surface area (TPSA) is 137 Å². The summed E-state index contributed by atoms with van der Waals surface area (Å²) in [6, 6.07) is 16.2. The number of hydrogen-bond acceptors (Lipinski definition) is 6. The Hall–Kier alpha value is -5.45. The lowest BCUT2D eigenvalue weighted by molar-refractivity contribution is -0.139. The molecular formula is C52H62N6O5. The number of carbonyl (C=O) groups excluding carboxylic acids is 4. The van der Waals surface area contributed by atoms with E-state index in [0.717, 1.165) is 42.9 Å². The standard InChI is InChI=1S/C52H62N6O5/c1-6-29(4)50(60)57-22-8-12-41(57)48-53-27-40(55-48)39-21-20-38(45-33-16-17-34(25-33)46(39)45)37-19-18-36(43-31-14-15-32(24-31)44(37)43)30-10-7-11-35(26-30)54-49(59)42-13-9-23-58(42)51(61)47(28(2)3)56-52(62)63-5/h7,10-11,18-21,26-29,31-34,41-42,47H,6,8-9,12-17,22-25H2,1-5H3,(H,53,55)(H,54,59)(H,56,62)/t29-,31?,32?,33?,34?,41-,42-,47-/m0/s1. The zero-order valence-corrected chi connectivity index (χ0v) is 37.5. The molecule has 0 spiro atoms. The minimum absolute atomic E-state index is 0.00619. The summed E-state index contributed by atoms with van der Waals surface area (Å²) in [7, 11) is 1.28. The number of H-pyrrole nitrogens is 1. The van der Waals surface area contributed by atoms with Crippen LogP contribution in [0.5, 0.6) is 0 Å². The summed E-state index contributed by atoms with van der Waals surface area (Å²) in [4.78, 5) is 65.3. The second kappa shape index (κ2) is 16.6. The molecule has 10 rings (SSSR count). The Bertz CT molecular complexity index is 2470. The predicted molar refractivity (Wildman–Crippen MR) is 244 cm³/mol. The van der Waals surface area contributed by atoms with E-state index in [-0.39, 0.29) is 35.6 Å². The van der Waals surface area contributed by atoms with Gasteiger partial charge in [0.15, 0.2) is 0 Å². The Balaban J connectivity index is 0.942. The van der Waals surface area contributed by atoms with Crippen molar-refractivity contribution in [2.24, 2.45) is 11.8 Å². The van der Waals surface area contributed by atoms with E-state index < -0.39 is 18.2 Å². The number of amides is 4. The minimum Gasteiger partial charge on any atom is -0.453 e. The quantitative estimate of drug-likeness (QED) is 0.137. The maximum absolute atomic E-state index is 13.9. The SMILES string of the molecule is CC[C@H](C)C(=O)N1CCC[C@H]1c1ncc(-c2ccc(-c3ccc(-c4cccc(NC(=O)[C@@H]5CCCN5C(=O)[C@@H](NC(=O)OC)C(C)C)c4)c4c3C3CCC4C3)c3c2C2CCC3C2)[nH]1. The highest BCUT2D eigenvalue weighted by Crippen LogP contribution is 2.62. The lowest BCUT2D eigenvalue weighted by atomic mass is 9.77. The number of fused-ring (bicyclic) bond motifs is 10. The van der Waals surface area contributed by atoms with E-state index >= 15 is 0 Å². The molecule has 2 saturated heterocycles. The molecule has 330 valence electrons. The summed E-state index contributed by atoms with van der Waals surface area (Å²) in [5.74, 6) is 2.67. The van der Waals surface area contributed by atoms with E-state index in [2.05, 4.69) is 63.8 Å². The maximum Gasteiger partial charge on any atom is 0.407 e. The van der Waals surface area contributed by atoms with Crippen molar-refractivity contribution in [1.82, 2.24) is 25.1 Å². The molecule has 6 aliphatic rings. The van der Waals surface area contributed by atoms with E-state index in [9.17, 15) is 19.2 Å². The number of carbonyl (C=O) groups is 4. The van der Waals surface area contributed by atoms with Gasteiger partial charge < -0.3 is 30.2 Å². The molecule has 4 unspecified atom stereocenters. The average molecular weight is 851 g/mol. The Kier molecular flexibility index (Phi) is 10.9. The summed E-state index contributed by atoms with van der Waals surface area (Å²) in [6.07, 6.45) is 12.7. The van der Waals surface area contributed by atoms with Gasteiger partial charge >= 0.3 is 6.09 Å². The van der Waals surface area contributed by atoms with Crippen LogP contribution in [-0.4, -0.2) is 75.9 Å². The maximum atomic E-state index is 13.9. The predicted octanol–water partition coefficient (Wildman–Crippen LogP) is 10.2. The average Bonchev–Trinajstić information content (AvgIpc) is 4.16. The van der Waals surface area contributed by atoms with E-state index in [0.29, 0.717) is 48.7 Å². The van der Waals surface area contributed by atoms with Gasteiger partial charge in [0, 0.05) is 30.3 Å². The molecule has 8 atom stereocenters. The molecule has 3 aromatic carbocycles. The number of likely N-dealkylation sites (tertiary alicyclic amines) is 2. The molecule has 11 heteroatoms. The summed E-state index contributed by atoms with van der Waals surface area (Å²) >= 11 is 0. The van der Waals surface area contributed by atoms with Crippen molar-refractivity contribution in [3.63, 3.8) is 0 Å². The molecule has 11 nitrogen and oxygen atoms in total. The number of alkyl carbamates (subject to hydrolysis) is 1. The van der Waals surface area contributed by atoms with Gasteiger partial charge in [-0.2, -0.15) is 0 Å². The molecule has 1 aromatic heterocycles. The molecule has 3 heterocycles. The first-order valence-corrected chi connectivity index (χ1v) is 23.8. The highest BCUT2D eigenvalue weighted by atomic mass is 16.5. The van der Waals surface area contributed by atoms with Gasteiger partial charge in [-0.15, -0.1) is 0 Å². The first-order valence-electron chi connectivity index (χ1n) is 23.8. The number of aromatic nitrogens is 2. The van der Waals surface area contributed by atoms with Crippen LogP contribution in [0.2, 0.25) is 0 Å². The van der Waals surface area contributed by atoms with Crippen LogP contribution < -0.4 is 10.6 Å². The molecule has 63 heavy (non-hydrogen) atoms. The second-order valence-electron chi connectivity index (χ2n) is 19.7. The summed E-state index contributed by atoms with van der Waals surface area (Å²) in [6.45, 7) is 9.13. The second-order valence-corrected chi connectivity index (χ2v) is 19.7. The summed E-state index contributed by atoms with van der Waals surface area (Å²) in [5, 5.41) is 5.83. The highest BCUT2D eigenvalue weighted by molar-refractivity contribution is 5.99. The van der Waals surface area contributed by atoms with Crippen LogP contribution in [0.1, 0.15) is 156 Å². The van der Waals surface area contributed by atoms with Crippen LogP contribution in [0.3, 0.4) is 0 Å². The van der Waals surface area contributed by atoms with Crippen LogP contribution in [0.15, 0.2) is 54.7 Å². The zero-order valence-electron chi connectivity index (χ0n) is 37.5. The van der Waals surface area contributed by atoms with Crippen LogP contribution in [0.25, 0.3) is 33.5 Å². The molecule has 4 aliphatic carbocycles. The highest BCUT2D eigenvalue weighted by Gasteiger charge is 2.45.